The molecule has 0 aliphatic rings. The van der Waals surface area contributed by atoms with Gasteiger partial charge in [0.1, 0.15) is 0 Å². The Balaban J connectivity index is 2.98. The van der Waals surface area contributed by atoms with Crippen molar-refractivity contribution in [3.05, 3.63) is 29.3 Å². The van der Waals surface area contributed by atoms with Gasteiger partial charge < -0.3 is 10.4 Å². The van der Waals surface area contributed by atoms with E-state index >= 15 is 0 Å². The van der Waals surface area contributed by atoms with Gasteiger partial charge >= 0.3 is 0 Å². The second-order valence-corrected chi connectivity index (χ2v) is 3.02. The predicted octanol–water partition coefficient (Wildman–Crippen LogP) is 1.63. The van der Waals surface area contributed by atoms with Gasteiger partial charge in [0.2, 0.25) is 0 Å². The third-order valence-electron chi connectivity index (χ3n) is 2.02. The van der Waals surface area contributed by atoms with E-state index in [2.05, 4.69) is 11.2 Å². The second-order valence-electron chi connectivity index (χ2n) is 3.02. The van der Waals surface area contributed by atoms with Crippen LogP contribution in [0.25, 0.3) is 0 Å². The third-order valence-corrected chi connectivity index (χ3v) is 2.02. The van der Waals surface area contributed by atoms with Crippen molar-refractivity contribution in [3.63, 3.8) is 0 Å². The molecule has 0 bridgehead atoms. The van der Waals surface area contributed by atoms with Crippen LogP contribution in [0, 0.1) is 12.3 Å². The number of aliphatic hydroxyl groups excluding tert-OH is 1. The van der Waals surface area contributed by atoms with Crippen LogP contribution in [0.15, 0.2) is 18.2 Å². The standard InChI is InChI=1S/C12H15NO/c1-3-10-5-6-11(7-8-14)12(9-10)13-4-2/h1,5-6,9,13-14H,4,7-8H2,2H3. The highest BCUT2D eigenvalue weighted by Crippen LogP contribution is 2.17. The van der Waals surface area contributed by atoms with E-state index < -0.39 is 0 Å². The molecule has 1 rings (SSSR count). The van der Waals surface area contributed by atoms with E-state index in [1.165, 1.54) is 0 Å². The molecule has 0 aromatic heterocycles. The van der Waals surface area contributed by atoms with Gasteiger partial charge in [-0.3, -0.25) is 0 Å². The van der Waals surface area contributed by atoms with Crippen molar-refractivity contribution >= 4 is 5.69 Å². The van der Waals surface area contributed by atoms with E-state index in [1.54, 1.807) is 0 Å². The highest BCUT2D eigenvalue weighted by molar-refractivity contribution is 5.56. The van der Waals surface area contributed by atoms with Gasteiger partial charge in [-0.15, -0.1) is 6.42 Å². The van der Waals surface area contributed by atoms with Gasteiger partial charge in [-0.1, -0.05) is 12.0 Å². The van der Waals surface area contributed by atoms with Crippen molar-refractivity contribution in [1.82, 2.24) is 0 Å². The molecule has 1 aromatic rings. The summed E-state index contributed by atoms with van der Waals surface area (Å²) in [5.41, 5.74) is 2.99. The van der Waals surface area contributed by atoms with Gasteiger partial charge in [0.25, 0.3) is 0 Å². The zero-order valence-corrected chi connectivity index (χ0v) is 8.38. The molecule has 0 saturated carbocycles. The first-order valence-corrected chi connectivity index (χ1v) is 4.76. The Kier molecular flexibility index (Phi) is 4.03. The van der Waals surface area contributed by atoms with Crippen LogP contribution in [0.2, 0.25) is 0 Å². The minimum atomic E-state index is 0.161. The quantitative estimate of drug-likeness (QED) is 0.706. The summed E-state index contributed by atoms with van der Waals surface area (Å²) >= 11 is 0. The normalized spacial score (nSPS) is 9.50. The van der Waals surface area contributed by atoms with Crippen molar-refractivity contribution in [2.45, 2.75) is 13.3 Å². The molecule has 0 saturated heterocycles. The number of hydrogen-bond acceptors (Lipinski definition) is 2. The molecule has 1 aromatic carbocycles. The maximum absolute atomic E-state index is 8.87. The van der Waals surface area contributed by atoms with Crippen LogP contribution in [0.5, 0.6) is 0 Å². The van der Waals surface area contributed by atoms with E-state index in [9.17, 15) is 0 Å². The van der Waals surface area contributed by atoms with Crippen LogP contribution in [0.1, 0.15) is 18.1 Å². The molecule has 0 unspecified atom stereocenters. The predicted molar refractivity (Wildman–Crippen MR) is 59.3 cm³/mol. The van der Waals surface area contributed by atoms with Crippen molar-refractivity contribution in [2.75, 3.05) is 18.5 Å². The number of nitrogens with one attached hydrogen (secondary N) is 1. The lowest BCUT2D eigenvalue weighted by atomic mass is 10.1. The van der Waals surface area contributed by atoms with E-state index in [-0.39, 0.29) is 6.61 Å². The second kappa shape index (κ2) is 5.31. The topological polar surface area (TPSA) is 32.3 Å². The van der Waals surface area contributed by atoms with Gasteiger partial charge in [0.05, 0.1) is 0 Å². The molecular weight excluding hydrogens is 174 g/mol. The summed E-state index contributed by atoms with van der Waals surface area (Å²) in [7, 11) is 0. The van der Waals surface area contributed by atoms with Crippen LogP contribution in [-0.2, 0) is 6.42 Å². The summed E-state index contributed by atoms with van der Waals surface area (Å²) < 4.78 is 0. The maximum atomic E-state index is 8.87. The van der Waals surface area contributed by atoms with Crippen LogP contribution in [-0.4, -0.2) is 18.3 Å². The molecule has 2 heteroatoms. The summed E-state index contributed by atoms with van der Waals surface area (Å²) in [6, 6.07) is 5.80. The lowest BCUT2D eigenvalue weighted by molar-refractivity contribution is 0.300. The molecule has 0 radical (unpaired) electrons. The lowest BCUT2D eigenvalue weighted by Crippen LogP contribution is -2.02. The van der Waals surface area contributed by atoms with E-state index in [0.717, 1.165) is 23.4 Å². The molecule has 14 heavy (non-hydrogen) atoms. The molecule has 0 atom stereocenters. The van der Waals surface area contributed by atoms with Gasteiger partial charge in [-0.25, -0.2) is 0 Å². The first kappa shape index (κ1) is 10.6. The van der Waals surface area contributed by atoms with Crippen molar-refractivity contribution in [1.29, 1.82) is 0 Å². The van der Waals surface area contributed by atoms with Crippen LogP contribution >= 0.6 is 0 Å². The summed E-state index contributed by atoms with van der Waals surface area (Å²) in [4.78, 5) is 0. The molecule has 0 amide bonds. The van der Waals surface area contributed by atoms with Gasteiger partial charge in [0, 0.05) is 24.4 Å². The average Bonchev–Trinajstić information content (AvgIpc) is 2.21. The first-order valence-electron chi connectivity index (χ1n) is 4.76. The molecule has 0 heterocycles. The minimum absolute atomic E-state index is 0.161. The average molecular weight is 189 g/mol. The molecule has 2 N–H and O–H groups in total. The molecule has 2 nitrogen and oxygen atoms in total. The van der Waals surface area contributed by atoms with Crippen LogP contribution in [0.3, 0.4) is 0 Å². The zero-order valence-electron chi connectivity index (χ0n) is 8.38. The van der Waals surface area contributed by atoms with Crippen LogP contribution in [0.4, 0.5) is 5.69 Å². The maximum Gasteiger partial charge on any atom is 0.0472 e. The fourth-order valence-corrected chi connectivity index (χ4v) is 1.36. The monoisotopic (exact) mass is 189 g/mol. The van der Waals surface area contributed by atoms with E-state index in [0.29, 0.717) is 6.42 Å². The van der Waals surface area contributed by atoms with Crippen molar-refractivity contribution in [2.24, 2.45) is 0 Å². The first-order chi connectivity index (χ1) is 6.81. The highest BCUT2D eigenvalue weighted by atomic mass is 16.2. The smallest absolute Gasteiger partial charge is 0.0472 e. The number of hydrogen-bond donors (Lipinski definition) is 2. The van der Waals surface area contributed by atoms with Crippen molar-refractivity contribution in [3.8, 4) is 12.3 Å². The SMILES string of the molecule is C#Cc1ccc(CCO)c(NCC)c1. The number of aliphatic hydroxyl groups is 1. The van der Waals surface area contributed by atoms with Gasteiger partial charge in [-0.2, -0.15) is 0 Å². The Hall–Kier alpha value is -1.46. The molecular formula is C12H15NO. The fraction of sp³-hybridized carbons (Fsp3) is 0.333. The third kappa shape index (κ3) is 2.51. The Morgan fingerprint density at radius 2 is 2.29 bits per heavy atom. The fourth-order valence-electron chi connectivity index (χ4n) is 1.36. The summed E-state index contributed by atoms with van der Waals surface area (Å²) in [6.07, 6.45) is 5.97. The molecule has 0 spiro atoms. The van der Waals surface area contributed by atoms with E-state index in [1.807, 2.05) is 25.1 Å². The number of terminal acetylenes is 1. The summed E-state index contributed by atoms with van der Waals surface area (Å²) in [5.74, 6) is 2.59. The lowest BCUT2D eigenvalue weighted by Gasteiger charge is -2.10. The van der Waals surface area contributed by atoms with Gasteiger partial charge in [0.15, 0.2) is 0 Å². The Labute approximate surface area is 85.0 Å². The molecule has 0 fully saturated rings. The van der Waals surface area contributed by atoms with E-state index in [4.69, 9.17) is 11.5 Å². The molecule has 74 valence electrons. The Morgan fingerprint density at radius 3 is 2.86 bits per heavy atom. The Bertz CT molecular complexity index is 339. The van der Waals surface area contributed by atoms with Gasteiger partial charge in [-0.05, 0) is 31.0 Å². The highest BCUT2D eigenvalue weighted by Gasteiger charge is 2.01. The molecule has 0 aliphatic carbocycles. The van der Waals surface area contributed by atoms with Crippen molar-refractivity contribution < 1.29 is 5.11 Å². The van der Waals surface area contributed by atoms with Crippen LogP contribution < -0.4 is 5.32 Å². The molecule has 0 aliphatic heterocycles. The zero-order chi connectivity index (χ0) is 10.4. The minimum Gasteiger partial charge on any atom is -0.396 e. The summed E-state index contributed by atoms with van der Waals surface area (Å²) in [6.45, 7) is 3.05. The summed E-state index contributed by atoms with van der Waals surface area (Å²) in [5, 5.41) is 12.1. The Morgan fingerprint density at radius 1 is 1.50 bits per heavy atom. The largest absolute Gasteiger partial charge is 0.396 e. The number of anilines is 1. The number of benzene rings is 1. The number of rotatable bonds is 4.